The second-order valence-corrected chi connectivity index (χ2v) is 5.17. The van der Waals surface area contributed by atoms with Gasteiger partial charge in [-0.05, 0) is 20.3 Å². The molecule has 0 bridgehead atoms. The highest BCUT2D eigenvalue weighted by atomic mass is 127. The molecule has 5 heteroatoms. The quantitative estimate of drug-likeness (QED) is 0.478. The van der Waals surface area contributed by atoms with Gasteiger partial charge in [-0.3, -0.25) is 4.90 Å². The minimum absolute atomic E-state index is 0. The molecule has 0 aromatic rings. The molecule has 0 aromatic heterocycles. The molecule has 1 fully saturated rings. The summed E-state index contributed by atoms with van der Waals surface area (Å²) in [4.78, 5) is 2.45. The lowest BCUT2D eigenvalue weighted by atomic mass is 10.0. The van der Waals surface area contributed by atoms with Crippen molar-refractivity contribution >= 4 is 47.4 Å². The summed E-state index contributed by atoms with van der Waals surface area (Å²) in [6.07, 6.45) is 1.25. The van der Waals surface area contributed by atoms with Gasteiger partial charge in [-0.15, -0.1) is 24.8 Å². The molecule has 2 nitrogen and oxygen atoms in total. The number of nitrogens with two attached hydrogens (primary N) is 1. The smallest absolute Gasteiger partial charge is 0.0868 e. The lowest BCUT2D eigenvalue weighted by molar-refractivity contribution is 0.0492. The third-order valence-corrected chi connectivity index (χ3v) is 3.79. The standard InChI is InChI=1S/C7H15IN2.2ClH/c1-6(2)10-4-3-7(10,8)5-9;;/h6H,3-5,9H2,1-2H3;2*1H. The lowest BCUT2D eigenvalue weighted by Gasteiger charge is -2.50. The van der Waals surface area contributed by atoms with Crippen LogP contribution in [0.1, 0.15) is 20.3 Å². The van der Waals surface area contributed by atoms with Crippen LogP contribution in [0.3, 0.4) is 0 Å². The first-order valence-corrected chi connectivity index (χ1v) is 4.84. The van der Waals surface area contributed by atoms with Gasteiger partial charge in [0.1, 0.15) is 0 Å². The normalized spacial score (nSPS) is 28.8. The predicted octanol–water partition coefficient (Wildman–Crippen LogP) is 2.03. The van der Waals surface area contributed by atoms with Crippen molar-refractivity contribution in [2.24, 2.45) is 5.73 Å². The van der Waals surface area contributed by atoms with E-state index in [0.717, 1.165) is 6.54 Å². The van der Waals surface area contributed by atoms with Crippen molar-refractivity contribution in [1.82, 2.24) is 4.90 Å². The third kappa shape index (κ3) is 2.87. The van der Waals surface area contributed by atoms with Gasteiger partial charge in [0.2, 0.25) is 0 Å². The summed E-state index contributed by atoms with van der Waals surface area (Å²) in [6.45, 7) is 6.45. The largest absolute Gasteiger partial charge is 0.328 e. The highest BCUT2D eigenvalue weighted by Gasteiger charge is 2.42. The molecule has 0 radical (unpaired) electrons. The fourth-order valence-electron chi connectivity index (χ4n) is 1.42. The first kappa shape index (κ1) is 15.7. The molecule has 2 N–H and O–H groups in total. The van der Waals surface area contributed by atoms with E-state index in [1.165, 1.54) is 13.0 Å². The summed E-state index contributed by atoms with van der Waals surface area (Å²) in [7, 11) is 0. The fourth-order valence-corrected chi connectivity index (χ4v) is 2.46. The molecule has 1 aliphatic rings. The van der Waals surface area contributed by atoms with Gasteiger partial charge in [0.25, 0.3) is 0 Å². The van der Waals surface area contributed by atoms with Crippen LogP contribution in [0.25, 0.3) is 0 Å². The molecule has 0 aliphatic carbocycles. The zero-order chi connectivity index (χ0) is 7.78. The van der Waals surface area contributed by atoms with Crippen molar-refractivity contribution in [3.05, 3.63) is 0 Å². The van der Waals surface area contributed by atoms with Crippen LogP contribution in [0.2, 0.25) is 0 Å². The number of hydrogen-bond acceptors (Lipinski definition) is 2. The summed E-state index contributed by atoms with van der Waals surface area (Å²) in [5.41, 5.74) is 5.65. The van der Waals surface area contributed by atoms with E-state index in [1.807, 2.05) is 0 Å². The Morgan fingerprint density at radius 1 is 1.50 bits per heavy atom. The Morgan fingerprint density at radius 3 is 2.08 bits per heavy atom. The molecule has 0 aromatic carbocycles. The number of alkyl halides is 1. The molecular weight excluding hydrogens is 310 g/mol. The van der Waals surface area contributed by atoms with Gasteiger partial charge >= 0.3 is 0 Å². The summed E-state index contributed by atoms with van der Waals surface area (Å²) in [5.74, 6) is 0. The molecule has 1 rings (SSSR count). The van der Waals surface area contributed by atoms with Gasteiger partial charge in [-0.25, -0.2) is 0 Å². The molecular formula is C7H17Cl2IN2. The van der Waals surface area contributed by atoms with Crippen molar-refractivity contribution in [3.63, 3.8) is 0 Å². The molecule has 0 spiro atoms. The van der Waals surface area contributed by atoms with E-state index >= 15 is 0 Å². The SMILES string of the molecule is CC(C)N1CCC1(I)CN.Cl.Cl. The van der Waals surface area contributed by atoms with E-state index < -0.39 is 0 Å². The number of likely N-dealkylation sites (tertiary alicyclic amines) is 1. The summed E-state index contributed by atoms with van der Waals surface area (Å²) in [5, 5.41) is 0. The highest BCUT2D eigenvalue weighted by Crippen LogP contribution is 2.37. The maximum Gasteiger partial charge on any atom is 0.0868 e. The van der Waals surface area contributed by atoms with Crippen LogP contribution in [0.4, 0.5) is 0 Å². The van der Waals surface area contributed by atoms with E-state index in [0.29, 0.717) is 6.04 Å². The Kier molecular flexibility index (Phi) is 7.66. The van der Waals surface area contributed by atoms with Gasteiger partial charge < -0.3 is 5.73 Å². The van der Waals surface area contributed by atoms with Gasteiger partial charge in [0.05, 0.1) is 3.55 Å². The predicted molar refractivity (Wildman–Crippen MR) is 66.8 cm³/mol. The van der Waals surface area contributed by atoms with Crippen molar-refractivity contribution in [3.8, 4) is 0 Å². The average Bonchev–Trinajstić information content (AvgIpc) is 1.83. The minimum Gasteiger partial charge on any atom is -0.328 e. The topological polar surface area (TPSA) is 29.3 Å². The maximum absolute atomic E-state index is 5.65. The number of rotatable bonds is 2. The van der Waals surface area contributed by atoms with Crippen LogP contribution < -0.4 is 5.73 Å². The summed E-state index contributed by atoms with van der Waals surface area (Å²) < 4.78 is 0.284. The maximum atomic E-state index is 5.65. The minimum atomic E-state index is 0. The van der Waals surface area contributed by atoms with Crippen LogP contribution in [0.15, 0.2) is 0 Å². The second-order valence-electron chi connectivity index (χ2n) is 3.16. The summed E-state index contributed by atoms with van der Waals surface area (Å²) >= 11 is 2.47. The zero-order valence-corrected chi connectivity index (χ0v) is 11.2. The van der Waals surface area contributed by atoms with Crippen molar-refractivity contribution in [1.29, 1.82) is 0 Å². The zero-order valence-electron chi connectivity index (χ0n) is 7.42. The molecule has 0 saturated carbocycles. The van der Waals surface area contributed by atoms with Gasteiger partial charge in [-0.1, -0.05) is 22.6 Å². The Morgan fingerprint density at radius 2 is 2.00 bits per heavy atom. The van der Waals surface area contributed by atoms with Gasteiger partial charge in [0.15, 0.2) is 0 Å². The van der Waals surface area contributed by atoms with Crippen molar-refractivity contribution in [2.45, 2.75) is 29.9 Å². The van der Waals surface area contributed by atoms with Crippen LogP contribution in [-0.2, 0) is 0 Å². The molecule has 1 saturated heterocycles. The Balaban J connectivity index is 0. The van der Waals surface area contributed by atoms with E-state index in [9.17, 15) is 0 Å². The van der Waals surface area contributed by atoms with E-state index in [1.54, 1.807) is 0 Å². The highest BCUT2D eigenvalue weighted by molar-refractivity contribution is 14.1. The van der Waals surface area contributed by atoms with Crippen molar-refractivity contribution in [2.75, 3.05) is 13.1 Å². The Bertz CT molecular complexity index is 131. The van der Waals surface area contributed by atoms with Crippen LogP contribution >= 0.6 is 47.4 Å². The van der Waals surface area contributed by atoms with Gasteiger partial charge in [0, 0.05) is 19.1 Å². The van der Waals surface area contributed by atoms with Crippen LogP contribution in [0.5, 0.6) is 0 Å². The first-order chi connectivity index (χ1) is 4.60. The van der Waals surface area contributed by atoms with E-state index in [2.05, 4.69) is 41.3 Å². The van der Waals surface area contributed by atoms with E-state index in [4.69, 9.17) is 5.73 Å². The molecule has 1 aliphatic heterocycles. The molecule has 1 heterocycles. The average molecular weight is 327 g/mol. The Hall–Kier alpha value is 1.23. The summed E-state index contributed by atoms with van der Waals surface area (Å²) in [6, 6.07) is 0.647. The number of nitrogens with zero attached hydrogens (tertiary/aromatic N) is 1. The monoisotopic (exact) mass is 326 g/mol. The number of halogens is 3. The molecule has 12 heavy (non-hydrogen) atoms. The van der Waals surface area contributed by atoms with E-state index in [-0.39, 0.29) is 28.4 Å². The molecule has 76 valence electrons. The molecule has 1 unspecified atom stereocenters. The number of hydrogen-bond donors (Lipinski definition) is 1. The third-order valence-electron chi connectivity index (χ3n) is 2.19. The molecule has 1 atom stereocenters. The first-order valence-electron chi connectivity index (χ1n) is 3.76. The fraction of sp³-hybridized carbons (Fsp3) is 1.00. The van der Waals surface area contributed by atoms with Crippen molar-refractivity contribution < 1.29 is 0 Å². The molecule has 0 amide bonds. The van der Waals surface area contributed by atoms with Crippen LogP contribution in [-0.4, -0.2) is 27.6 Å². The van der Waals surface area contributed by atoms with Gasteiger partial charge in [-0.2, -0.15) is 0 Å². The van der Waals surface area contributed by atoms with Crippen LogP contribution in [0, 0.1) is 0 Å². The Labute approximate surface area is 101 Å². The lowest BCUT2D eigenvalue weighted by Crippen LogP contribution is -2.61. The second kappa shape index (κ2) is 5.86.